The fourth-order valence-electron chi connectivity index (χ4n) is 3.51. The summed E-state index contributed by atoms with van der Waals surface area (Å²) >= 11 is 3.52. The van der Waals surface area contributed by atoms with E-state index in [4.69, 9.17) is 4.74 Å². The van der Waals surface area contributed by atoms with Crippen LogP contribution in [0.1, 0.15) is 22.3 Å². The summed E-state index contributed by atoms with van der Waals surface area (Å²) < 4.78 is 6.16. The normalized spacial score (nSPS) is 14.9. The van der Waals surface area contributed by atoms with E-state index in [2.05, 4.69) is 41.9 Å². The lowest BCUT2D eigenvalue weighted by molar-refractivity contribution is -0.113. The summed E-state index contributed by atoms with van der Waals surface area (Å²) in [5.74, 6) is 0.719. The van der Waals surface area contributed by atoms with Crippen LogP contribution in [0.2, 0.25) is 0 Å². The molecule has 1 aliphatic heterocycles. The monoisotopic (exact) mass is 459 g/mol. The average molecular weight is 460 g/mol. The van der Waals surface area contributed by atoms with Crippen molar-refractivity contribution in [3.8, 4) is 5.75 Å². The topological polar surface area (TPSA) is 29.5 Å². The van der Waals surface area contributed by atoms with Gasteiger partial charge in [-0.25, -0.2) is 0 Å². The number of carbonyl (C=O) groups excluding carboxylic acids is 1. The lowest BCUT2D eigenvalue weighted by Gasteiger charge is -2.21. The Morgan fingerprint density at radius 3 is 2.37 bits per heavy atom. The quantitative estimate of drug-likeness (QED) is 0.414. The molecule has 0 radical (unpaired) electrons. The maximum absolute atomic E-state index is 13.5. The van der Waals surface area contributed by atoms with Gasteiger partial charge in [0.2, 0.25) is 0 Å². The second-order valence-electron chi connectivity index (χ2n) is 7.30. The van der Waals surface area contributed by atoms with Crippen LogP contribution in [0.3, 0.4) is 0 Å². The van der Waals surface area contributed by atoms with Crippen LogP contribution < -0.4 is 9.64 Å². The Morgan fingerprint density at radius 2 is 1.70 bits per heavy atom. The predicted octanol–water partition coefficient (Wildman–Crippen LogP) is 6.55. The SMILES string of the molecule is COc1ccc(C=C2C=C(c3ccccc3)N(c3ccc(C)c(C)c3)C2=O)cc1Br. The number of aryl methyl sites for hydroxylation is 2. The van der Waals surface area contributed by atoms with Gasteiger partial charge in [0, 0.05) is 11.3 Å². The second kappa shape index (κ2) is 8.33. The Morgan fingerprint density at radius 1 is 0.933 bits per heavy atom. The maximum atomic E-state index is 13.5. The molecule has 1 amide bonds. The van der Waals surface area contributed by atoms with Gasteiger partial charge in [-0.15, -0.1) is 0 Å². The van der Waals surface area contributed by atoms with Crippen LogP contribution in [0.4, 0.5) is 5.69 Å². The molecule has 0 atom stereocenters. The van der Waals surface area contributed by atoms with E-state index in [1.54, 1.807) is 12.0 Å². The molecule has 3 aromatic carbocycles. The first kappa shape index (κ1) is 20.2. The molecule has 1 heterocycles. The maximum Gasteiger partial charge on any atom is 0.262 e. The Hall–Kier alpha value is -3.11. The number of hydrogen-bond acceptors (Lipinski definition) is 2. The zero-order valence-electron chi connectivity index (χ0n) is 17.1. The molecule has 0 aromatic heterocycles. The van der Waals surface area contributed by atoms with E-state index in [1.165, 1.54) is 5.56 Å². The fourth-order valence-corrected chi connectivity index (χ4v) is 4.07. The molecule has 4 rings (SSSR count). The van der Waals surface area contributed by atoms with Gasteiger partial charge in [0.25, 0.3) is 5.91 Å². The second-order valence-corrected chi connectivity index (χ2v) is 8.15. The third kappa shape index (κ3) is 3.83. The molecule has 0 fully saturated rings. The summed E-state index contributed by atoms with van der Waals surface area (Å²) in [4.78, 5) is 15.3. The molecule has 0 unspecified atom stereocenters. The van der Waals surface area contributed by atoms with Gasteiger partial charge in [-0.05, 0) is 88.4 Å². The number of methoxy groups -OCH3 is 1. The summed E-state index contributed by atoms with van der Waals surface area (Å²) in [5.41, 5.74) is 6.68. The lowest BCUT2D eigenvalue weighted by atomic mass is 10.1. The Bertz CT molecular complexity index is 1180. The minimum atomic E-state index is -0.0379. The third-order valence-electron chi connectivity index (χ3n) is 5.30. The first-order valence-electron chi connectivity index (χ1n) is 9.72. The predicted molar refractivity (Wildman–Crippen MR) is 126 cm³/mol. The van der Waals surface area contributed by atoms with Gasteiger partial charge in [0.15, 0.2) is 0 Å². The van der Waals surface area contributed by atoms with Gasteiger partial charge in [-0.1, -0.05) is 42.5 Å². The van der Waals surface area contributed by atoms with E-state index in [-0.39, 0.29) is 5.91 Å². The van der Waals surface area contributed by atoms with Crippen LogP contribution in [0, 0.1) is 13.8 Å². The molecule has 3 nitrogen and oxygen atoms in total. The minimum absolute atomic E-state index is 0.0379. The van der Waals surface area contributed by atoms with Crippen molar-refractivity contribution >= 4 is 39.3 Å². The molecule has 4 heteroatoms. The summed E-state index contributed by atoms with van der Waals surface area (Å²) in [7, 11) is 1.63. The number of halogens is 1. The Kier molecular flexibility index (Phi) is 5.60. The summed E-state index contributed by atoms with van der Waals surface area (Å²) in [6.07, 6.45) is 3.88. The molecule has 0 aliphatic carbocycles. The molecule has 0 N–H and O–H groups in total. The van der Waals surface area contributed by atoms with Gasteiger partial charge in [-0.3, -0.25) is 9.69 Å². The van der Waals surface area contributed by atoms with Crippen LogP contribution >= 0.6 is 15.9 Å². The number of ether oxygens (including phenoxy) is 1. The van der Waals surface area contributed by atoms with Crippen molar-refractivity contribution in [2.24, 2.45) is 0 Å². The van der Waals surface area contributed by atoms with E-state index in [0.717, 1.165) is 38.3 Å². The Labute approximate surface area is 185 Å². The highest BCUT2D eigenvalue weighted by Gasteiger charge is 2.30. The first-order chi connectivity index (χ1) is 14.5. The standard InChI is InChI=1S/C26H22BrNO2/c1-17-9-11-22(13-18(17)2)28-24(20-7-5-4-6-8-20)16-21(26(28)29)14-19-10-12-25(30-3)23(27)15-19/h4-16H,1-3H3. The van der Waals surface area contributed by atoms with E-state index < -0.39 is 0 Å². The van der Waals surface area contributed by atoms with Crippen molar-refractivity contribution in [1.29, 1.82) is 0 Å². The zero-order chi connectivity index (χ0) is 21.3. The van der Waals surface area contributed by atoms with Crippen molar-refractivity contribution in [1.82, 2.24) is 0 Å². The number of nitrogens with zero attached hydrogens (tertiary/aromatic N) is 1. The van der Waals surface area contributed by atoms with Gasteiger partial charge in [-0.2, -0.15) is 0 Å². The average Bonchev–Trinajstić information content (AvgIpc) is 3.07. The molecule has 3 aromatic rings. The van der Waals surface area contributed by atoms with E-state index in [1.807, 2.05) is 66.7 Å². The summed E-state index contributed by atoms with van der Waals surface area (Å²) in [6.45, 7) is 4.14. The number of carbonyl (C=O) groups is 1. The van der Waals surface area contributed by atoms with Crippen LogP contribution in [0.15, 0.2) is 82.9 Å². The van der Waals surface area contributed by atoms with Crippen molar-refractivity contribution in [2.45, 2.75) is 13.8 Å². The molecule has 0 saturated carbocycles. The molecule has 0 spiro atoms. The highest BCUT2D eigenvalue weighted by molar-refractivity contribution is 9.10. The highest BCUT2D eigenvalue weighted by Crippen LogP contribution is 2.36. The van der Waals surface area contributed by atoms with E-state index in [9.17, 15) is 4.79 Å². The van der Waals surface area contributed by atoms with E-state index in [0.29, 0.717) is 5.57 Å². The van der Waals surface area contributed by atoms with Gasteiger partial charge in [0.05, 0.1) is 17.3 Å². The van der Waals surface area contributed by atoms with Crippen molar-refractivity contribution in [3.63, 3.8) is 0 Å². The van der Waals surface area contributed by atoms with E-state index >= 15 is 0 Å². The summed E-state index contributed by atoms with van der Waals surface area (Å²) in [6, 6.07) is 21.9. The minimum Gasteiger partial charge on any atom is -0.496 e. The molecular formula is C26H22BrNO2. The highest BCUT2D eigenvalue weighted by atomic mass is 79.9. The summed E-state index contributed by atoms with van der Waals surface area (Å²) in [5, 5.41) is 0. The van der Waals surface area contributed by atoms with Crippen LogP contribution in [-0.2, 0) is 4.79 Å². The van der Waals surface area contributed by atoms with Gasteiger partial charge in [0.1, 0.15) is 5.75 Å². The molecule has 150 valence electrons. The van der Waals surface area contributed by atoms with Crippen LogP contribution in [0.5, 0.6) is 5.75 Å². The molecule has 0 saturated heterocycles. The molecular weight excluding hydrogens is 438 g/mol. The Balaban J connectivity index is 1.81. The van der Waals surface area contributed by atoms with Crippen molar-refractivity contribution in [3.05, 3.63) is 105 Å². The number of anilines is 1. The molecule has 30 heavy (non-hydrogen) atoms. The van der Waals surface area contributed by atoms with Crippen molar-refractivity contribution < 1.29 is 9.53 Å². The molecule has 1 aliphatic rings. The van der Waals surface area contributed by atoms with Gasteiger partial charge < -0.3 is 4.74 Å². The van der Waals surface area contributed by atoms with Crippen molar-refractivity contribution in [2.75, 3.05) is 12.0 Å². The number of amides is 1. The number of benzene rings is 3. The largest absolute Gasteiger partial charge is 0.496 e. The molecule has 0 bridgehead atoms. The number of hydrogen-bond donors (Lipinski definition) is 0. The van der Waals surface area contributed by atoms with Crippen LogP contribution in [-0.4, -0.2) is 13.0 Å². The smallest absolute Gasteiger partial charge is 0.262 e. The first-order valence-corrected chi connectivity index (χ1v) is 10.5. The number of rotatable bonds is 4. The fraction of sp³-hybridized carbons (Fsp3) is 0.115. The third-order valence-corrected chi connectivity index (χ3v) is 5.92. The van der Waals surface area contributed by atoms with Gasteiger partial charge >= 0.3 is 0 Å². The lowest BCUT2D eigenvalue weighted by Crippen LogP contribution is -2.25. The van der Waals surface area contributed by atoms with Crippen LogP contribution in [0.25, 0.3) is 11.8 Å². The zero-order valence-corrected chi connectivity index (χ0v) is 18.7.